The Labute approximate surface area is 99.6 Å². The van der Waals surface area contributed by atoms with Gasteiger partial charge in [-0.15, -0.1) is 11.3 Å². The summed E-state index contributed by atoms with van der Waals surface area (Å²) in [6.45, 7) is 5.16. The lowest BCUT2D eigenvalue weighted by Gasteiger charge is -2.07. The summed E-state index contributed by atoms with van der Waals surface area (Å²) in [6.07, 6.45) is 4.54. The van der Waals surface area contributed by atoms with E-state index < -0.39 is 0 Å². The van der Waals surface area contributed by atoms with Crippen molar-refractivity contribution in [3.63, 3.8) is 0 Å². The Morgan fingerprint density at radius 3 is 2.81 bits per heavy atom. The molecule has 2 aromatic heterocycles. The van der Waals surface area contributed by atoms with Gasteiger partial charge in [-0.3, -0.25) is 4.98 Å². The highest BCUT2D eigenvalue weighted by molar-refractivity contribution is 7.10. The van der Waals surface area contributed by atoms with E-state index in [0.29, 0.717) is 0 Å². The third-order valence-corrected chi connectivity index (χ3v) is 3.11. The summed E-state index contributed by atoms with van der Waals surface area (Å²) in [7, 11) is 0. The summed E-state index contributed by atoms with van der Waals surface area (Å²) in [4.78, 5) is 10.0. The maximum absolute atomic E-state index is 4.40. The van der Waals surface area contributed by atoms with Gasteiger partial charge in [0.05, 0.1) is 0 Å². The highest BCUT2D eigenvalue weighted by atomic mass is 32.1. The number of hydrogen-bond acceptors (Lipinski definition) is 4. The fourth-order valence-electron chi connectivity index (χ4n) is 1.49. The van der Waals surface area contributed by atoms with Crippen molar-refractivity contribution in [3.05, 3.63) is 28.7 Å². The Bertz CT molecular complexity index is 465. The van der Waals surface area contributed by atoms with Gasteiger partial charge in [-0.25, -0.2) is 4.98 Å². The summed E-state index contributed by atoms with van der Waals surface area (Å²) in [5.74, 6) is 0.877. The Kier molecular flexibility index (Phi) is 3.51. The smallest absolute Gasteiger partial charge is 0.152 e. The first-order chi connectivity index (χ1) is 7.81. The van der Waals surface area contributed by atoms with Gasteiger partial charge < -0.3 is 5.32 Å². The van der Waals surface area contributed by atoms with Crippen LogP contribution in [0.25, 0.3) is 11.3 Å². The molecule has 0 aliphatic carbocycles. The molecular formula is C12H15N3S. The van der Waals surface area contributed by atoms with Gasteiger partial charge in [-0.1, -0.05) is 6.92 Å². The quantitative estimate of drug-likeness (QED) is 0.880. The van der Waals surface area contributed by atoms with Crippen molar-refractivity contribution in [2.75, 3.05) is 11.9 Å². The minimum atomic E-state index is 0.877. The van der Waals surface area contributed by atoms with Gasteiger partial charge in [0.25, 0.3) is 0 Å². The zero-order chi connectivity index (χ0) is 11.4. The molecular weight excluding hydrogens is 218 g/mol. The zero-order valence-corrected chi connectivity index (χ0v) is 10.3. The number of anilines is 1. The van der Waals surface area contributed by atoms with Crippen molar-refractivity contribution >= 4 is 17.2 Å². The number of nitrogens with one attached hydrogen (secondary N) is 1. The van der Waals surface area contributed by atoms with Crippen LogP contribution in [-0.4, -0.2) is 16.5 Å². The Morgan fingerprint density at radius 2 is 2.12 bits per heavy atom. The minimum absolute atomic E-state index is 0.877. The Hall–Kier alpha value is -1.42. The molecule has 0 radical (unpaired) electrons. The van der Waals surface area contributed by atoms with Crippen LogP contribution >= 0.6 is 11.3 Å². The fourth-order valence-corrected chi connectivity index (χ4v) is 2.18. The number of aryl methyl sites for hydroxylation is 1. The molecule has 0 bridgehead atoms. The summed E-state index contributed by atoms with van der Waals surface area (Å²) in [5, 5.41) is 5.42. The molecule has 2 heterocycles. The van der Waals surface area contributed by atoms with Crippen LogP contribution in [0.2, 0.25) is 0 Å². The summed E-state index contributed by atoms with van der Waals surface area (Å²) in [6, 6.07) is 2.14. The molecule has 1 N–H and O–H groups in total. The molecule has 0 spiro atoms. The average Bonchev–Trinajstić information content (AvgIpc) is 2.73. The van der Waals surface area contributed by atoms with E-state index >= 15 is 0 Å². The molecule has 0 aromatic carbocycles. The van der Waals surface area contributed by atoms with E-state index in [2.05, 4.69) is 40.6 Å². The molecule has 0 atom stereocenters. The van der Waals surface area contributed by atoms with Crippen LogP contribution in [0.4, 0.5) is 5.82 Å². The van der Waals surface area contributed by atoms with E-state index in [1.54, 1.807) is 23.7 Å². The number of hydrogen-bond donors (Lipinski definition) is 1. The van der Waals surface area contributed by atoms with Crippen molar-refractivity contribution in [2.45, 2.75) is 20.3 Å². The minimum Gasteiger partial charge on any atom is -0.368 e. The molecule has 0 fully saturated rings. The van der Waals surface area contributed by atoms with Gasteiger partial charge in [0.15, 0.2) is 5.82 Å². The SMILES string of the molecule is CCCNc1nccnc1-c1csc(C)c1. The summed E-state index contributed by atoms with van der Waals surface area (Å²) >= 11 is 1.74. The largest absolute Gasteiger partial charge is 0.368 e. The molecule has 0 saturated carbocycles. The van der Waals surface area contributed by atoms with Crippen molar-refractivity contribution in [1.82, 2.24) is 9.97 Å². The highest BCUT2D eigenvalue weighted by Gasteiger charge is 2.08. The molecule has 2 aromatic rings. The second-order valence-corrected chi connectivity index (χ2v) is 4.74. The van der Waals surface area contributed by atoms with Gasteiger partial charge in [0.1, 0.15) is 5.69 Å². The molecule has 16 heavy (non-hydrogen) atoms. The van der Waals surface area contributed by atoms with Gasteiger partial charge in [0.2, 0.25) is 0 Å². The van der Waals surface area contributed by atoms with Crippen LogP contribution in [-0.2, 0) is 0 Å². The van der Waals surface area contributed by atoms with Crippen molar-refractivity contribution in [1.29, 1.82) is 0 Å². The first-order valence-electron chi connectivity index (χ1n) is 5.41. The maximum atomic E-state index is 4.40. The second-order valence-electron chi connectivity index (χ2n) is 3.63. The lowest BCUT2D eigenvalue weighted by atomic mass is 10.2. The zero-order valence-electron chi connectivity index (χ0n) is 9.53. The molecule has 2 rings (SSSR count). The first-order valence-corrected chi connectivity index (χ1v) is 6.29. The van der Waals surface area contributed by atoms with Crippen molar-refractivity contribution in [3.8, 4) is 11.3 Å². The normalized spacial score (nSPS) is 10.4. The molecule has 0 aliphatic heterocycles. The molecule has 0 saturated heterocycles. The van der Waals surface area contributed by atoms with Crippen molar-refractivity contribution < 1.29 is 0 Å². The molecule has 3 nitrogen and oxygen atoms in total. The number of nitrogens with zero attached hydrogens (tertiary/aromatic N) is 2. The number of aromatic nitrogens is 2. The predicted octanol–water partition coefficient (Wildman–Crippen LogP) is 3.34. The van der Waals surface area contributed by atoms with Gasteiger partial charge in [-0.2, -0.15) is 0 Å². The Balaban J connectivity index is 2.32. The van der Waals surface area contributed by atoms with E-state index in [-0.39, 0.29) is 0 Å². The van der Waals surface area contributed by atoms with Crippen molar-refractivity contribution in [2.24, 2.45) is 0 Å². The van der Waals surface area contributed by atoms with E-state index in [1.807, 2.05) is 0 Å². The van der Waals surface area contributed by atoms with Gasteiger partial charge >= 0.3 is 0 Å². The van der Waals surface area contributed by atoms with Crippen LogP contribution in [0.3, 0.4) is 0 Å². The standard InChI is InChI=1S/C12H15N3S/c1-3-4-14-12-11(13-5-6-15-12)10-7-9(2)16-8-10/h5-8H,3-4H2,1-2H3,(H,14,15). The maximum Gasteiger partial charge on any atom is 0.152 e. The number of rotatable bonds is 4. The molecule has 0 aliphatic rings. The van der Waals surface area contributed by atoms with E-state index in [0.717, 1.165) is 30.0 Å². The lowest BCUT2D eigenvalue weighted by Crippen LogP contribution is -2.04. The summed E-state index contributed by atoms with van der Waals surface area (Å²) in [5.41, 5.74) is 2.09. The topological polar surface area (TPSA) is 37.8 Å². The molecule has 84 valence electrons. The van der Waals surface area contributed by atoms with E-state index in [4.69, 9.17) is 0 Å². The van der Waals surface area contributed by atoms with Crippen LogP contribution in [0.15, 0.2) is 23.8 Å². The van der Waals surface area contributed by atoms with Crippen LogP contribution in [0, 0.1) is 6.92 Å². The lowest BCUT2D eigenvalue weighted by molar-refractivity contribution is 0.966. The van der Waals surface area contributed by atoms with Crippen LogP contribution in [0.1, 0.15) is 18.2 Å². The Morgan fingerprint density at radius 1 is 1.31 bits per heavy atom. The van der Waals surface area contributed by atoms with E-state index in [9.17, 15) is 0 Å². The number of thiophene rings is 1. The first kappa shape index (κ1) is 11.1. The van der Waals surface area contributed by atoms with Crippen LogP contribution < -0.4 is 5.32 Å². The fraction of sp³-hybridized carbons (Fsp3) is 0.333. The summed E-state index contributed by atoms with van der Waals surface area (Å²) < 4.78 is 0. The second kappa shape index (κ2) is 5.07. The molecule has 0 unspecified atom stereocenters. The monoisotopic (exact) mass is 233 g/mol. The van der Waals surface area contributed by atoms with Gasteiger partial charge in [-0.05, 0) is 19.4 Å². The van der Waals surface area contributed by atoms with E-state index in [1.165, 1.54) is 4.88 Å². The average molecular weight is 233 g/mol. The third kappa shape index (κ3) is 2.39. The predicted molar refractivity (Wildman–Crippen MR) is 68.9 cm³/mol. The van der Waals surface area contributed by atoms with Gasteiger partial charge in [0, 0.05) is 34.8 Å². The highest BCUT2D eigenvalue weighted by Crippen LogP contribution is 2.27. The molecule has 4 heteroatoms. The molecule has 0 amide bonds. The van der Waals surface area contributed by atoms with Crippen LogP contribution in [0.5, 0.6) is 0 Å². The third-order valence-electron chi connectivity index (χ3n) is 2.24.